The fourth-order valence-corrected chi connectivity index (χ4v) is 1.27. The zero-order valence-electron chi connectivity index (χ0n) is 9.12. The zero-order valence-corrected chi connectivity index (χ0v) is 9.12. The molecule has 0 radical (unpaired) electrons. The highest BCUT2D eigenvalue weighted by Crippen LogP contribution is 2.06. The summed E-state index contributed by atoms with van der Waals surface area (Å²) in [5.41, 5.74) is 0. The van der Waals surface area contributed by atoms with Gasteiger partial charge in [-0.15, -0.1) is 0 Å². The Bertz CT molecular complexity index is 198. The maximum absolute atomic E-state index is 10.7. The average molecular weight is 201 g/mol. The Kier molecular flexibility index (Phi) is 6.53. The highest BCUT2D eigenvalue weighted by atomic mass is 16.6. The molecule has 0 aromatic rings. The first-order valence-corrected chi connectivity index (χ1v) is 4.94. The van der Waals surface area contributed by atoms with Crippen molar-refractivity contribution in [2.24, 2.45) is 0 Å². The van der Waals surface area contributed by atoms with Crippen LogP contribution < -0.4 is 5.32 Å². The summed E-state index contributed by atoms with van der Waals surface area (Å²) in [5.74, 6) is 0.149. The minimum absolute atomic E-state index is 0.149. The summed E-state index contributed by atoms with van der Waals surface area (Å²) < 4.78 is 0. The van der Waals surface area contributed by atoms with E-state index < -0.39 is 0 Å². The molecule has 5 nitrogen and oxygen atoms in total. The van der Waals surface area contributed by atoms with Gasteiger partial charge in [-0.05, 0) is 17.8 Å². The smallest absolute Gasteiger partial charge is 0.334 e. The van der Waals surface area contributed by atoms with Crippen molar-refractivity contribution in [2.75, 3.05) is 20.1 Å². The fraction of sp³-hybridized carbons (Fsp3) is 0.778. The Morgan fingerprint density at radius 3 is 2.21 bits per heavy atom. The lowest BCUT2D eigenvalue weighted by Crippen LogP contribution is -2.30. The lowest BCUT2D eigenvalue weighted by molar-refractivity contribution is -0.446. The van der Waals surface area contributed by atoms with E-state index in [0.29, 0.717) is 0 Å². The second-order valence-corrected chi connectivity index (χ2v) is 3.04. The molecular weight excluding hydrogens is 182 g/mol. The molecule has 0 saturated carbocycles. The van der Waals surface area contributed by atoms with Crippen LogP contribution in [0.5, 0.6) is 0 Å². The van der Waals surface area contributed by atoms with E-state index in [2.05, 4.69) is 5.32 Å². The van der Waals surface area contributed by atoms with Crippen LogP contribution in [0.1, 0.15) is 26.7 Å². The van der Waals surface area contributed by atoms with Gasteiger partial charge in [-0.2, -0.15) is 0 Å². The third-order valence-electron chi connectivity index (χ3n) is 1.77. The number of nitro groups is 1. The summed E-state index contributed by atoms with van der Waals surface area (Å²) in [6.07, 6.45) is 3.26. The quantitative estimate of drug-likeness (QED) is 0.499. The first-order valence-electron chi connectivity index (χ1n) is 4.94. The molecule has 1 N–H and O–H groups in total. The van der Waals surface area contributed by atoms with Crippen LogP contribution >= 0.6 is 0 Å². The van der Waals surface area contributed by atoms with E-state index in [1.807, 2.05) is 13.8 Å². The van der Waals surface area contributed by atoms with Gasteiger partial charge in [0, 0.05) is 7.05 Å². The van der Waals surface area contributed by atoms with Crippen molar-refractivity contribution in [3.8, 4) is 0 Å². The van der Waals surface area contributed by atoms with Crippen LogP contribution in [0, 0.1) is 10.1 Å². The van der Waals surface area contributed by atoms with Gasteiger partial charge in [0.1, 0.15) is 0 Å². The minimum atomic E-state index is -0.345. The molecule has 0 atom stereocenters. The molecule has 0 aliphatic carbocycles. The van der Waals surface area contributed by atoms with Crippen molar-refractivity contribution in [1.82, 2.24) is 10.2 Å². The summed E-state index contributed by atoms with van der Waals surface area (Å²) in [4.78, 5) is 12.2. The van der Waals surface area contributed by atoms with Gasteiger partial charge >= 0.3 is 5.82 Å². The van der Waals surface area contributed by atoms with Crippen molar-refractivity contribution >= 4 is 0 Å². The highest BCUT2D eigenvalue weighted by Gasteiger charge is 2.18. The van der Waals surface area contributed by atoms with Crippen LogP contribution in [0.2, 0.25) is 0 Å². The molecule has 82 valence electrons. The van der Waals surface area contributed by atoms with Gasteiger partial charge in [0.2, 0.25) is 0 Å². The molecule has 0 unspecified atom stereocenters. The molecule has 0 aromatic carbocycles. The largest absolute Gasteiger partial charge is 0.387 e. The van der Waals surface area contributed by atoms with Crippen molar-refractivity contribution < 1.29 is 4.92 Å². The molecule has 0 saturated heterocycles. The topological polar surface area (TPSA) is 58.4 Å². The second-order valence-electron chi connectivity index (χ2n) is 3.04. The van der Waals surface area contributed by atoms with Crippen molar-refractivity contribution in [3.63, 3.8) is 0 Å². The number of hydrogen-bond donors (Lipinski definition) is 1. The highest BCUT2D eigenvalue weighted by molar-refractivity contribution is 4.89. The third kappa shape index (κ3) is 4.11. The lowest BCUT2D eigenvalue weighted by Gasteiger charge is -2.17. The molecule has 0 fully saturated rings. The van der Waals surface area contributed by atoms with E-state index in [-0.39, 0.29) is 10.7 Å². The normalized spacial score (nSPS) is 11.2. The molecule has 0 heterocycles. The summed E-state index contributed by atoms with van der Waals surface area (Å²) in [7, 11) is 1.67. The fourth-order valence-electron chi connectivity index (χ4n) is 1.27. The standard InChI is InChI=1S/C9H19N3O2/c1-4-6-11(7-5-2)9(8-10-3)12(13)14/h8,10H,4-7H2,1-3H3/b9-8-. The summed E-state index contributed by atoms with van der Waals surface area (Å²) in [5, 5.41) is 13.4. The molecule has 0 aliphatic heterocycles. The monoisotopic (exact) mass is 201 g/mol. The van der Waals surface area contributed by atoms with Gasteiger partial charge in [0.25, 0.3) is 0 Å². The lowest BCUT2D eigenvalue weighted by atomic mass is 10.3. The molecule has 0 aliphatic rings. The Morgan fingerprint density at radius 1 is 1.43 bits per heavy atom. The van der Waals surface area contributed by atoms with Gasteiger partial charge in [-0.25, -0.2) is 0 Å². The maximum atomic E-state index is 10.7. The molecule has 14 heavy (non-hydrogen) atoms. The van der Waals surface area contributed by atoms with E-state index in [1.165, 1.54) is 6.20 Å². The van der Waals surface area contributed by atoms with Crippen molar-refractivity contribution in [2.45, 2.75) is 26.7 Å². The van der Waals surface area contributed by atoms with Crippen LogP contribution in [0.3, 0.4) is 0 Å². The third-order valence-corrected chi connectivity index (χ3v) is 1.77. The average Bonchev–Trinajstić information content (AvgIpc) is 2.13. The molecule has 0 spiro atoms. The first-order chi connectivity index (χ1) is 6.67. The zero-order chi connectivity index (χ0) is 11.0. The van der Waals surface area contributed by atoms with Gasteiger partial charge in [0.05, 0.1) is 19.3 Å². The predicted molar refractivity (Wildman–Crippen MR) is 56.3 cm³/mol. The summed E-state index contributed by atoms with van der Waals surface area (Å²) in [6.45, 7) is 5.48. The van der Waals surface area contributed by atoms with Crippen LogP contribution in [-0.4, -0.2) is 30.0 Å². The molecule has 0 bridgehead atoms. The van der Waals surface area contributed by atoms with Crippen molar-refractivity contribution in [1.29, 1.82) is 0 Å². The van der Waals surface area contributed by atoms with Crippen LogP contribution in [-0.2, 0) is 0 Å². The maximum Gasteiger partial charge on any atom is 0.334 e. The van der Waals surface area contributed by atoms with E-state index >= 15 is 0 Å². The number of nitrogens with one attached hydrogen (secondary N) is 1. The minimum Gasteiger partial charge on any atom is -0.387 e. The van der Waals surface area contributed by atoms with Gasteiger partial charge in [-0.3, -0.25) is 4.90 Å². The Balaban J connectivity index is 4.54. The van der Waals surface area contributed by atoms with Crippen molar-refractivity contribution in [3.05, 3.63) is 22.1 Å². The number of nitrogens with zero attached hydrogens (tertiary/aromatic N) is 2. The van der Waals surface area contributed by atoms with Gasteiger partial charge in [0.15, 0.2) is 0 Å². The van der Waals surface area contributed by atoms with Crippen LogP contribution in [0.25, 0.3) is 0 Å². The Labute approximate surface area is 84.9 Å². The molecule has 0 rings (SSSR count). The van der Waals surface area contributed by atoms with Crippen LogP contribution in [0.4, 0.5) is 0 Å². The Hall–Kier alpha value is -1.26. The number of hydrogen-bond acceptors (Lipinski definition) is 4. The number of rotatable bonds is 7. The predicted octanol–water partition coefficient (Wildman–Crippen LogP) is 1.40. The van der Waals surface area contributed by atoms with E-state index in [1.54, 1.807) is 11.9 Å². The summed E-state index contributed by atoms with van der Waals surface area (Å²) >= 11 is 0. The molecular formula is C9H19N3O2. The SMILES string of the molecule is CCCN(CCC)/C(=C/NC)[N+](=O)[O-]. The van der Waals surface area contributed by atoms with Crippen LogP contribution in [0.15, 0.2) is 12.0 Å². The Morgan fingerprint density at radius 2 is 1.93 bits per heavy atom. The molecule has 0 aromatic heterocycles. The van der Waals surface area contributed by atoms with E-state index in [0.717, 1.165) is 25.9 Å². The van der Waals surface area contributed by atoms with E-state index in [9.17, 15) is 10.1 Å². The first kappa shape index (κ1) is 12.7. The van der Waals surface area contributed by atoms with Gasteiger partial charge in [-0.1, -0.05) is 13.8 Å². The summed E-state index contributed by atoms with van der Waals surface area (Å²) in [6, 6.07) is 0. The van der Waals surface area contributed by atoms with E-state index in [4.69, 9.17) is 0 Å². The molecule has 0 amide bonds. The second kappa shape index (κ2) is 7.17. The van der Waals surface area contributed by atoms with Gasteiger partial charge < -0.3 is 15.4 Å². The molecule has 5 heteroatoms.